The summed E-state index contributed by atoms with van der Waals surface area (Å²) in [5.74, 6) is 0.259. The maximum absolute atomic E-state index is 12.4. The van der Waals surface area contributed by atoms with Gasteiger partial charge in [0, 0.05) is 36.1 Å². The van der Waals surface area contributed by atoms with Crippen LogP contribution in [0.15, 0.2) is 29.8 Å². The Balaban J connectivity index is 1.62. The smallest absolute Gasteiger partial charge is 0.349 e. The second kappa shape index (κ2) is 10.7. The van der Waals surface area contributed by atoms with Crippen LogP contribution in [-0.4, -0.2) is 36.3 Å². The standard InChI is InChI=1S/C25H29N3O5/c1-16(2)14-28-17(3)10-19(18(28)4)11-20(13-26)25(30)33-15-24(29)27-21-6-7-22-23(12-21)32-9-5-8-31-22/h6-7,10-12,16H,5,8-9,14-15H2,1-4H3,(H,27,29)/b20-11+. The molecule has 8 nitrogen and oxygen atoms in total. The van der Waals surface area contributed by atoms with E-state index in [2.05, 4.69) is 23.7 Å². The number of nitriles is 1. The summed E-state index contributed by atoms with van der Waals surface area (Å²) in [7, 11) is 0. The number of hydrogen-bond donors (Lipinski definition) is 1. The van der Waals surface area contributed by atoms with E-state index >= 15 is 0 Å². The van der Waals surface area contributed by atoms with Crippen LogP contribution >= 0.6 is 0 Å². The molecule has 1 aliphatic rings. The summed E-state index contributed by atoms with van der Waals surface area (Å²) in [6.45, 7) is 9.63. The third kappa shape index (κ3) is 6.16. The molecule has 0 spiro atoms. The van der Waals surface area contributed by atoms with E-state index in [4.69, 9.17) is 14.2 Å². The number of ether oxygens (including phenoxy) is 3. The first-order valence-electron chi connectivity index (χ1n) is 10.9. The van der Waals surface area contributed by atoms with Gasteiger partial charge in [-0.1, -0.05) is 13.8 Å². The van der Waals surface area contributed by atoms with Gasteiger partial charge in [0.15, 0.2) is 18.1 Å². The topological polar surface area (TPSA) is 103 Å². The largest absolute Gasteiger partial charge is 0.490 e. The molecule has 174 valence electrons. The molecule has 0 saturated carbocycles. The number of carbonyl (C=O) groups is 2. The quantitative estimate of drug-likeness (QED) is 0.388. The fourth-order valence-corrected chi connectivity index (χ4v) is 3.56. The van der Waals surface area contributed by atoms with E-state index in [9.17, 15) is 14.9 Å². The van der Waals surface area contributed by atoms with Crippen LogP contribution < -0.4 is 14.8 Å². The van der Waals surface area contributed by atoms with Crippen molar-refractivity contribution in [3.63, 3.8) is 0 Å². The highest BCUT2D eigenvalue weighted by molar-refractivity contribution is 6.00. The highest BCUT2D eigenvalue weighted by Gasteiger charge is 2.17. The molecule has 0 atom stereocenters. The third-order valence-electron chi connectivity index (χ3n) is 5.17. The molecule has 3 rings (SSSR count). The number of rotatable bonds is 7. The molecule has 2 heterocycles. The summed E-state index contributed by atoms with van der Waals surface area (Å²) in [4.78, 5) is 24.7. The van der Waals surface area contributed by atoms with E-state index in [1.54, 1.807) is 18.2 Å². The van der Waals surface area contributed by atoms with Crippen LogP contribution in [0.4, 0.5) is 5.69 Å². The number of esters is 1. The number of aromatic nitrogens is 1. The molecule has 1 amide bonds. The number of fused-ring (bicyclic) bond motifs is 1. The highest BCUT2D eigenvalue weighted by Crippen LogP contribution is 2.32. The zero-order valence-corrected chi connectivity index (χ0v) is 19.4. The molecule has 0 unspecified atom stereocenters. The number of carbonyl (C=O) groups excluding carboxylic acids is 2. The van der Waals surface area contributed by atoms with Crippen LogP contribution in [0.1, 0.15) is 37.2 Å². The first-order chi connectivity index (χ1) is 15.8. The SMILES string of the molecule is Cc1cc(/C=C(\C#N)C(=O)OCC(=O)Nc2ccc3c(c2)OCCCO3)c(C)n1CC(C)C. The average molecular weight is 452 g/mol. The van der Waals surface area contributed by atoms with Gasteiger partial charge in [0.05, 0.1) is 13.2 Å². The second-order valence-corrected chi connectivity index (χ2v) is 8.34. The van der Waals surface area contributed by atoms with Crippen LogP contribution in [0.2, 0.25) is 0 Å². The summed E-state index contributed by atoms with van der Waals surface area (Å²) < 4.78 is 18.4. The zero-order chi connectivity index (χ0) is 24.0. The fourth-order valence-electron chi connectivity index (χ4n) is 3.56. The Hall–Kier alpha value is -3.73. The molecule has 0 saturated heterocycles. The van der Waals surface area contributed by atoms with E-state index in [0.717, 1.165) is 29.9 Å². The lowest BCUT2D eigenvalue weighted by Gasteiger charge is -2.12. The first-order valence-corrected chi connectivity index (χ1v) is 10.9. The predicted octanol–water partition coefficient (Wildman–Crippen LogP) is 4.01. The minimum atomic E-state index is -0.847. The van der Waals surface area contributed by atoms with E-state index in [-0.39, 0.29) is 5.57 Å². The summed E-state index contributed by atoms with van der Waals surface area (Å²) in [5, 5.41) is 12.1. The summed E-state index contributed by atoms with van der Waals surface area (Å²) in [6, 6.07) is 8.86. The number of aryl methyl sites for hydroxylation is 1. The molecule has 0 aliphatic carbocycles. The molecule has 0 radical (unpaired) electrons. The normalized spacial score (nSPS) is 13.3. The summed E-state index contributed by atoms with van der Waals surface area (Å²) >= 11 is 0. The van der Waals surface area contributed by atoms with E-state index < -0.39 is 18.5 Å². The van der Waals surface area contributed by atoms with E-state index in [0.29, 0.717) is 36.3 Å². The lowest BCUT2D eigenvalue weighted by Crippen LogP contribution is -2.21. The van der Waals surface area contributed by atoms with Crippen molar-refractivity contribution in [2.24, 2.45) is 5.92 Å². The van der Waals surface area contributed by atoms with Gasteiger partial charge in [-0.25, -0.2) is 4.79 Å². The molecule has 0 bridgehead atoms. The van der Waals surface area contributed by atoms with Gasteiger partial charge in [0.1, 0.15) is 11.6 Å². The first kappa shape index (κ1) is 23.9. The van der Waals surface area contributed by atoms with Crippen molar-refractivity contribution in [2.45, 2.75) is 40.7 Å². The number of hydrogen-bond acceptors (Lipinski definition) is 6. The monoisotopic (exact) mass is 451 g/mol. The minimum Gasteiger partial charge on any atom is -0.490 e. The molecule has 2 aromatic rings. The van der Waals surface area contributed by atoms with E-state index in [1.165, 1.54) is 6.08 Å². The molecule has 1 N–H and O–H groups in total. The lowest BCUT2D eigenvalue weighted by molar-refractivity contribution is -0.142. The Morgan fingerprint density at radius 1 is 1.21 bits per heavy atom. The van der Waals surface area contributed by atoms with Crippen LogP contribution in [0.5, 0.6) is 11.5 Å². The Morgan fingerprint density at radius 2 is 1.94 bits per heavy atom. The van der Waals surface area contributed by atoms with Gasteiger partial charge in [-0.05, 0) is 49.6 Å². The average Bonchev–Trinajstić information content (AvgIpc) is 2.94. The number of nitrogens with one attached hydrogen (secondary N) is 1. The summed E-state index contributed by atoms with van der Waals surface area (Å²) in [6.07, 6.45) is 2.28. The number of anilines is 1. The molecule has 8 heteroatoms. The highest BCUT2D eigenvalue weighted by atomic mass is 16.5. The Bertz CT molecular complexity index is 1110. The van der Waals surface area contributed by atoms with Crippen molar-refractivity contribution in [2.75, 3.05) is 25.1 Å². The van der Waals surface area contributed by atoms with Crippen LogP contribution in [0.3, 0.4) is 0 Å². The van der Waals surface area contributed by atoms with Crippen molar-refractivity contribution in [3.05, 3.63) is 46.8 Å². The van der Waals surface area contributed by atoms with Gasteiger partial charge >= 0.3 is 5.97 Å². The second-order valence-electron chi connectivity index (χ2n) is 8.34. The van der Waals surface area contributed by atoms with Crippen molar-refractivity contribution >= 4 is 23.6 Å². The van der Waals surface area contributed by atoms with E-state index in [1.807, 2.05) is 26.0 Å². The summed E-state index contributed by atoms with van der Waals surface area (Å²) in [5.41, 5.74) is 3.12. The zero-order valence-electron chi connectivity index (χ0n) is 19.4. The van der Waals surface area contributed by atoms with Crippen molar-refractivity contribution in [1.82, 2.24) is 4.57 Å². The van der Waals surface area contributed by atoms with Crippen LogP contribution in [0.25, 0.3) is 6.08 Å². The molecule has 33 heavy (non-hydrogen) atoms. The maximum atomic E-state index is 12.4. The van der Waals surface area contributed by atoms with Gasteiger partial charge < -0.3 is 24.1 Å². The van der Waals surface area contributed by atoms with Gasteiger partial charge in [0.25, 0.3) is 5.91 Å². The molecule has 1 aromatic heterocycles. The molecule has 1 aromatic carbocycles. The number of amides is 1. The van der Waals surface area contributed by atoms with Gasteiger partial charge in [-0.2, -0.15) is 5.26 Å². The van der Waals surface area contributed by atoms with Gasteiger partial charge in [0.2, 0.25) is 0 Å². The Morgan fingerprint density at radius 3 is 2.64 bits per heavy atom. The van der Waals surface area contributed by atoms with Crippen LogP contribution in [-0.2, 0) is 20.9 Å². The molecule has 1 aliphatic heterocycles. The fraction of sp³-hybridized carbons (Fsp3) is 0.400. The molecular formula is C25H29N3O5. The van der Waals surface area contributed by atoms with Crippen molar-refractivity contribution < 1.29 is 23.8 Å². The van der Waals surface area contributed by atoms with Crippen molar-refractivity contribution in [1.29, 1.82) is 5.26 Å². The third-order valence-corrected chi connectivity index (χ3v) is 5.17. The van der Waals surface area contributed by atoms with Gasteiger partial charge in [-0.15, -0.1) is 0 Å². The molecule has 0 fully saturated rings. The molecular weight excluding hydrogens is 422 g/mol. The number of benzene rings is 1. The Labute approximate surface area is 193 Å². The number of nitrogens with zero attached hydrogens (tertiary/aromatic N) is 2. The van der Waals surface area contributed by atoms with Crippen molar-refractivity contribution in [3.8, 4) is 17.6 Å². The maximum Gasteiger partial charge on any atom is 0.349 e. The Kier molecular flexibility index (Phi) is 7.78. The lowest BCUT2D eigenvalue weighted by atomic mass is 10.1. The minimum absolute atomic E-state index is 0.164. The van der Waals surface area contributed by atoms with Gasteiger partial charge in [-0.3, -0.25) is 4.79 Å². The van der Waals surface area contributed by atoms with Crippen LogP contribution in [0, 0.1) is 31.1 Å². The predicted molar refractivity (Wildman–Crippen MR) is 124 cm³/mol.